The van der Waals surface area contributed by atoms with Gasteiger partial charge in [-0.2, -0.15) is 0 Å². The van der Waals surface area contributed by atoms with Crippen molar-refractivity contribution in [2.24, 2.45) is 5.92 Å². The zero-order chi connectivity index (χ0) is 17.6. The molecule has 6 nitrogen and oxygen atoms in total. The van der Waals surface area contributed by atoms with Crippen LogP contribution in [-0.2, 0) is 4.79 Å². The topological polar surface area (TPSA) is 60.5 Å². The lowest BCUT2D eigenvalue weighted by Gasteiger charge is -2.36. The number of nitrogens with one attached hydrogen (secondary N) is 2. The van der Waals surface area contributed by atoms with Crippen LogP contribution in [0.2, 0.25) is 0 Å². The van der Waals surface area contributed by atoms with Gasteiger partial charge in [-0.1, -0.05) is 0 Å². The van der Waals surface area contributed by atoms with Crippen molar-refractivity contribution in [3.8, 4) is 0 Å². The van der Waals surface area contributed by atoms with E-state index in [1.807, 2.05) is 12.3 Å². The molecule has 2 fully saturated rings. The lowest BCUT2D eigenvalue weighted by Crippen LogP contribution is -2.42. The van der Waals surface area contributed by atoms with Gasteiger partial charge in [0.25, 0.3) is 0 Å². The molecule has 0 aliphatic carbocycles. The van der Waals surface area contributed by atoms with E-state index in [0.29, 0.717) is 24.2 Å². The van der Waals surface area contributed by atoms with Gasteiger partial charge in [-0.25, -0.2) is 4.98 Å². The third-order valence-electron chi connectivity index (χ3n) is 5.52. The van der Waals surface area contributed by atoms with Gasteiger partial charge in [-0.3, -0.25) is 4.79 Å². The number of hydrogen-bond acceptors (Lipinski definition) is 5. The summed E-state index contributed by atoms with van der Waals surface area (Å²) in [5, 5.41) is 6.26. The third kappa shape index (κ3) is 5.16. The number of amides is 1. The minimum absolute atomic E-state index is 0.0685. The second-order valence-electron chi connectivity index (χ2n) is 7.53. The summed E-state index contributed by atoms with van der Waals surface area (Å²) >= 11 is 0. The summed E-state index contributed by atoms with van der Waals surface area (Å²) < 4.78 is 0. The van der Waals surface area contributed by atoms with Crippen LogP contribution >= 0.6 is 0 Å². The fourth-order valence-electron chi connectivity index (χ4n) is 3.79. The molecule has 0 bridgehead atoms. The molecule has 2 aliphatic heterocycles. The summed E-state index contributed by atoms with van der Waals surface area (Å²) in [5.41, 5.74) is 1.15. The molecule has 0 radical (unpaired) electrons. The average Bonchev–Trinajstić information content (AvgIpc) is 3.14. The minimum Gasteiger partial charge on any atom is -0.370 e. The molecule has 1 aromatic rings. The van der Waals surface area contributed by atoms with E-state index < -0.39 is 0 Å². The first-order chi connectivity index (χ1) is 12.1. The molecule has 0 aromatic carbocycles. The fraction of sp³-hybridized carbons (Fsp3) is 0.684. The van der Waals surface area contributed by atoms with Gasteiger partial charge in [-0.05, 0) is 70.9 Å². The van der Waals surface area contributed by atoms with Crippen molar-refractivity contribution < 1.29 is 4.79 Å². The maximum Gasteiger partial charge on any atom is 0.225 e. The van der Waals surface area contributed by atoms with Crippen LogP contribution in [0, 0.1) is 5.92 Å². The highest BCUT2D eigenvalue weighted by Crippen LogP contribution is 2.22. The van der Waals surface area contributed by atoms with E-state index >= 15 is 0 Å². The van der Waals surface area contributed by atoms with Gasteiger partial charge < -0.3 is 20.4 Å². The normalized spacial score (nSPS) is 21.7. The van der Waals surface area contributed by atoms with Crippen molar-refractivity contribution in [2.45, 2.75) is 38.1 Å². The average molecular weight is 345 g/mol. The van der Waals surface area contributed by atoms with E-state index in [4.69, 9.17) is 0 Å². The number of aromatic nitrogens is 1. The second-order valence-corrected chi connectivity index (χ2v) is 7.53. The van der Waals surface area contributed by atoms with Gasteiger partial charge in [0.2, 0.25) is 5.91 Å². The Labute approximate surface area is 151 Å². The highest BCUT2D eigenvalue weighted by Gasteiger charge is 2.21. The van der Waals surface area contributed by atoms with Crippen molar-refractivity contribution in [2.75, 3.05) is 50.5 Å². The lowest BCUT2D eigenvalue weighted by molar-refractivity contribution is -0.116. The van der Waals surface area contributed by atoms with Gasteiger partial charge >= 0.3 is 0 Å². The molecule has 0 saturated carbocycles. The Bertz CT molecular complexity index is 545. The summed E-state index contributed by atoms with van der Waals surface area (Å²) in [6.07, 6.45) is 6.96. The van der Waals surface area contributed by atoms with Crippen molar-refractivity contribution >= 4 is 17.4 Å². The second kappa shape index (κ2) is 8.63. The highest BCUT2D eigenvalue weighted by molar-refractivity contribution is 5.89. The maximum atomic E-state index is 12.1. The molecule has 6 heteroatoms. The maximum absolute atomic E-state index is 12.1. The van der Waals surface area contributed by atoms with Gasteiger partial charge in [0.1, 0.15) is 5.82 Å². The Morgan fingerprint density at radius 1 is 1.32 bits per heavy atom. The van der Waals surface area contributed by atoms with Crippen LogP contribution in [-0.4, -0.2) is 62.1 Å². The van der Waals surface area contributed by atoms with E-state index in [1.165, 1.54) is 19.3 Å². The molecule has 1 unspecified atom stereocenters. The Kier molecular flexibility index (Phi) is 6.26. The molecule has 138 valence electrons. The summed E-state index contributed by atoms with van der Waals surface area (Å²) in [4.78, 5) is 21.2. The van der Waals surface area contributed by atoms with Gasteiger partial charge in [-0.15, -0.1) is 0 Å². The van der Waals surface area contributed by atoms with Crippen LogP contribution in [0.25, 0.3) is 0 Å². The predicted octanol–water partition coefficient (Wildman–Crippen LogP) is 1.94. The lowest BCUT2D eigenvalue weighted by atomic mass is 10.0. The number of nitrogens with zero attached hydrogens (tertiary/aromatic N) is 3. The van der Waals surface area contributed by atoms with Gasteiger partial charge in [0.15, 0.2) is 0 Å². The Balaban J connectivity index is 1.44. The van der Waals surface area contributed by atoms with Crippen LogP contribution in [0.15, 0.2) is 18.3 Å². The standard InChI is InChI=1S/C19H31N5O/c1-23(2)16-8-11-24(12-9-16)17-4-5-18(21-14-17)22-19(25)6-3-15-7-10-20-13-15/h4-5,14-16,20H,3,6-13H2,1-2H3,(H,21,22,25). The summed E-state index contributed by atoms with van der Waals surface area (Å²) in [6, 6.07) is 4.67. The molecular weight excluding hydrogens is 314 g/mol. The SMILES string of the molecule is CN(C)C1CCN(c2ccc(NC(=O)CCC3CCNC3)nc2)CC1. The molecule has 25 heavy (non-hydrogen) atoms. The molecular formula is C19H31N5O. The Morgan fingerprint density at radius 3 is 2.72 bits per heavy atom. The van der Waals surface area contributed by atoms with E-state index in [0.717, 1.165) is 38.3 Å². The Hall–Kier alpha value is -1.66. The van der Waals surface area contributed by atoms with Crippen LogP contribution in [0.5, 0.6) is 0 Å². The molecule has 2 N–H and O–H groups in total. The number of pyridine rings is 1. The van der Waals surface area contributed by atoms with Crippen LogP contribution < -0.4 is 15.5 Å². The first kappa shape index (κ1) is 18.1. The smallest absolute Gasteiger partial charge is 0.225 e. The fourth-order valence-corrected chi connectivity index (χ4v) is 3.79. The van der Waals surface area contributed by atoms with Crippen molar-refractivity contribution in [1.82, 2.24) is 15.2 Å². The number of anilines is 2. The largest absolute Gasteiger partial charge is 0.370 e. The van der Waals surface area contributed by atoms with E-state index in [2.05, 4.69) is 45.6 Å². The Morgan fingerprint density at radius 2 is 2.12 bits per heavy atom. The molecule has 1 atom stereocenters. The van der Waals surface area contributed by atoms with Crippen LogP contribution in [0.4, 0.5) is 11.5 Å². The number of hydrogen-bond donors (Lipinski definition) is 2. The predicted molar refractivity (Wildman–Crippen MR) is 102 cm³/mol. The number of piperidine rings is 1. The van der Waals surface area contributed by atoms with Gasteiger partial charge in [0, 0.05) is 25.6 Å². The van der Waals surface area contributed by atoms with E-state index in [9.17, 15) is 4.79 Å². The van der Waals surface area contributed by atoms with Crippen molar-refractivity contribution in [3.63, 3.8) is 0 Å². The highest BCUT2D eigenvalue weighted by atomic mass is 16.1. The number of carbonyl (C=O) groups is 1. The molecule has 1 aromatic heterocycles. The molecule has 2 aliphatic rings. The monoisotopic (exact) mass is 345 g/mol. The zero-order valence-electron chi connectivity index (χ0n) is 15.5. The molecule has 2 saturated heterocycles. The third-order valence-corrected chi connectivity index (χ3v) is 5.52. The first-order valence-corrected chi connectivity index (χ1v) is 9.50. The quantitative estimate of drug-likeness (QED) is 0.825. The number of rotatable bonds is 6. The van der Waals surface area contributed by atoms with Crippen LogP contribution in [0.1, 0.15) is 32.1 Å². The number of carbonyl (C=O) groups excluding carboxylic acids is 1. The summed E-state index contributed by atoms with van der Waals surface area (Å²) in [5.74, 6) is 1.37. The summed E-state index contributed by atoms with van der Waals surface area (Å²) in [7, 11) is 4.31. The van der Waals surface area contributed by atoms with E-state index in [-0.39, 0.29) is 5.91 Å². The minimum atomic E-state index is 0.0685. The zero-order valence-corrected chi connectivity index (χ0v) is 15.5. The van der Waals surface area contributed by atoms with E-state index in [1.54, 1.807) is 0 Å². The first-order valence-electron chi connectivity index (χ1n) is 9.50. The van der Waals surface area contributed by atoms with Crippen molar-refractivity contribution in [1.29, 1.82) is 0 Å². The summed E-state index contributed by atoms with van der Waals surface area (Å²) in [6.45, 7) is 4.25. The van der Waals surface area contributed by atoms with Crippen LogP contribution in [0.3, 0.4) is 0 Å². The molecule has 3 heterocycles. The molecule has 0 spiro atoms. The molecule has 1 amide bonds. The molecule has 3 rings (SSSR count). The van der Waals surface area contributed by atoms with Crippen molar-refractivity contribution in [3.05, 3.63) is 18.3 Å². The van der Waals surface area contributed by atoms with Gasteiger partial charge in [0.05, 0.1) is 11.9 Å².